The third-order valence-electron chi connectivity index (χ3n) is 2.83. The largest absolute Gasteiger partial charge is 0.493 e. The molecular weight excluding hydrogens is 312 g/mol. The maximum Gasteiger partial charge on any atom is 0.258 e. The number of nitrogens with one attached hydrogen (secondary N) is 1. The summed E-state index contributed by atoms with van der Waals surface area (Å²) >= 11 is 6.82. The van der Waals surface area contributed by atoms with E-state index < -0.39 is 0 Å². The van der Waals surface area contributed by atoms with Crippen LogP contribution in [0.25, 0.3) is 0 Å². The monoisotopic (exact) mass is 324 g/mol. The first-order chi connectivity index (χ1) is 10.0. The minimum absolute atomic E-state index is 0.107. The fourth-order valence-corrected chi connectivity index (χ4v) is 2.58. The number of carbonyl (C=O) groups excluding carboxylic acids is 1. The lowest BCUT2D eigenvalue weighted by molar-refractivity contribution is 0.102. The van der Waals surface area contributed by atoms with Crippen LogP contribution < -0.4 is 5.56 Å². The number of aromatic amines is 1. The molecular formula is C14H13ClN2O3S. The van der Waals surface area contributed by atoms with Gasteiger partial charge in [-0.3, -0.25) is 9.59 Å². The van der Waals surface area contributed by atoms with Crippen LogP contribution >= 0.6 is 23.4 Å². The number of thioether (sulfide) groups is 1. The zero-order chi connectivity index (χ0) is 15.4. The molecule has 1 heterocycles. The van der Waals surface area contributed by atoms with E-state index in [-0.39, 0.29) is 33.7 Å². The highest BCUT2D eigenvalue weighted by molar-refractivity contribution is 7.99. The van der Waals surface area contributed by atoms with Crippen LogP contribution in [0.5, 0.6) is 5.88 Å². The zero-order valence-electron chi connectivity index (χ0n) is 11.2. The summed E-state index contributed by atoms with van der Waals surface area (Å²) in [4.78, 5) is 30.1. The van der Waals surface area contributed by atoms with Crippen molar-refractivity contribution in [3.05, 3.63) is 50.8 Å². The number of halogens is 1. The molecule has 0 saturated heterocycles. The molecule has 1 aromatic heterocycles. The summed E-state index contributed by atoms with van der Waals surface area (Å²) in [6, 6.07) is 6.56. The molecule has 0 aliphatic carbocycles. The number of rotatable bonds is 5. The number of aromatic hydroxyl groups is 1. The lowest BCUT2D eigenvalue weighted by atomic mass is 10.1. The Bertz CT molecular complexity index is 713. The highest BCUT2D eigenvalue weighted by atomic mass is 35.5. The Morgan fingerprint density at radius 2 is 2.05 bits per heavy atom. The molecule has 21 heavy (non-hydrogen) atoms. The molecule has 2 aromatic rings. The molecule has 0 atom stereocenters. The van der Waals surface area contributed by atoms with E-state index in [4.69, 9.17) is 11.6 Å². The number of H-pyrrole nitrogens is 1. The Labute approximate surface area is 130 Å². The average molecular weight is 325 g/mol. The molecule has 110 valence electrons. The second-order valence-electron chi connectivity index (χ2n) is 4.25. The smallest absolute Gasteiger partial charge is 0.258 e. The predicted molar refractivity (Wildman–Crippen MR) is 82.4 cm³/mol. The van der Waals surface area contributed by atoms with Crippen LogP contribution in [0.15, 0.2) is 34.2 Å². The van der Waals surface area contributed by atoms with Crippen molar-refractivity contribution < 1.29 is 9.90 Å². The van der Waals surface area contributed by atoms with E-state index in [1.807, 2.05) is 0 Å². The van der Waals surface area contributed by atoms with Gasteiger partial charge in [-0.25, -0.2) is 0 Å². The first-order valence-corrected chi connectivity index (χ1v) is 7.61. The van der Waals surface area contributed by atoms with Crippen molar-refractivity contribution in [1.82, 2.24) is 9.97 Å². The molecule has 0 fully saturated rings. The maximum absolute atomic E-state index is 12.0. The van der Waals surface area contributed by atoms with Crippen LogP contribution in [0.4, 0.5) is 0 Å². The standard InChI is InChI=1S/C14H13ClN2O3S/c1-2-10-12(19)16-14(17-13(10)20)21-7-11(18)8-3-5-9(15)6-4-8/h3-6H,2,7H2,1H3,(H2,16,17,19,20). The van der Waals surface area contributed by atoms with Crippen molar-refractivity contribution in [2.24, 2.45) is 0 Å². The Morgan fingerprint density at radius 3 is 2.62 bits per heavy atom. The van der Waals surface area contributed by atoms with E-state index in [1.165, 1.54) is 0 Å². The number of benzene rings is 1. The number of hydrogen-bond donors (Lipinski definition) is 2. The van der Waals surface area contributed by atoms with Gasteiger partial charge in [-0.2, -0.15) is 4.98 Å². The molecule has 2 N–H and O–H groups in total. The van der Waals surface area contributed by atoms with Crippen molar-refractivity contribution in [3.8, 4) is 5.88 Å². The van der Waals surface area contributed by atoms with E-state index in [0.717, 1.165) is 11.8 Å². The van der Waals surface area contributed by atoms with Gasteiger partial charge in [0, 0.05) is 10.6 Å². The normalized spacial score (nSPS) is 10.6. The Balaban J connectivity index is 2.08. The second kappa shape index (κ2) is 6.78. The number of aromatic nitrogens is 2. The molecule has 2 rings (SSSR count). The summed E-state index contributed by atoms with van der Waals surface area (Å²) in [6.45, 7) is 1.75. The minimum atomic E-state index is -0.383. The number of Topliss-reactive ketones (excluding diaryl/α,β-unsaturated/α-hetero) is 1. The van der Waals surface area contributed by atoms with Crippen LogP contribution in [0.2, 0.25) is 5.02 Å². The molecule has 1 aromatic carbocycles. The molecule has 0 saturated carbocycles. The summed E-state index contributed by atoms with van der Waals surface area (Å²) in [7, 11) is 0. The number of carbonyl (C=O) groups is 1. The van der Waals surface area contributed by atoms with Gasteiger partial charge in [0.05, 0.1) is 11.3 Å². The topological polar surface area (TPSA) is 83.1 Å². The first-order valence-electron chi connectivity index (χ1n) is 6.25. The Kier molecular flexibility index (Phi) is 5.03. The zero-order valence-corrected chi connectivity index (χ0v) is 12.8. The molecule has 0 amide bonds. The second-order valence-corrected chi connectivity index (χ2v) is 5.65. The van der Waals surface area contributed by atoms with Gasteiger partial charge in [0.2, 0.25) is 5.88 Å². The van der Waals surface area contributed by atoms with Gasteiger partial charge in [0.1, 0.15) is 0 Å². The Morgan fingerprint density at radius 1 is 1.38 bits per heavy atom. The number of nitrogens with zero attached hydrogens (tertiary/aromatic N) is 1. The van der Waals surface area contributed by atoms with Crippen molar-refractivity contribution in [2.45, 2.75) is 18.5 Å². The van der Waals surface area contributed by atoms with Gasteiger partial charge >= 0.3 is 0 Å². The number of hydrogen-bond acceptors (Lipinski definition) is 5. The lowest BCUT2D eigenvalue weighted by Crippen LogP contribution is -2.15. The number of ketones is 1. The quantitative estimate of drug-likeness (QED) is 0.502. The maximum atomic E-state index is 12.0. The summed E-state index contributed by atoms with van der Waals surface area (Å²) in [6.07, 6.45) is 0.392. The van der Waals surface area contributed by atoms with Gasteiger partial charge in [-0.15, -0.1) is 0 Å². The molecule has 0 aliphatic heterocycles. The first kappa shape index (κ1) is 15.6. The van der Waals surface area contributed by atoms with Gasteiger partial charge in [-0.05, 0) is 30.7 Å². The predicted octanol–water partition coefficient (Wildman–Crippen LogP) is 2.67. The van der Waals surface area contributed by atoms with Gasteiger partial charge in [0.15, 0.2) is 10.9 Å². The lowest BCUT2D eigenvalue weighted by Gasteiger charge is -2.04. The third-order valence-corrected chi connectivity index (χ3v) is 3.96. The summed E-state index contributed by atoms with van der Waals surface area (Å²) in [5, 5.41) is 10.4. The van der Waals surface area contributed by atoms with Crippen LogP contribution in [0.3, 0.4) is 0 Å². The highest BCUT2D eigenvalue weighted by Gasteiger charge is 2.11. The third kappa shape index (κ3) is 3.86. The van der Waals surface area contributed by atoms with Crippen molar-refractivity contribution in [3.63, 3.8) is 0 Å². The fourth-order valence-electron chi connectivity index (χ4n) is 1.71. The van der Waals surface area contributed by atoms with Crippen LogP contribution in [-0.2, 0) is 6.42 Å². The Hall–Kier alpha value is -1.79. The molecule has 7 heteroatoms. The molecule has 5 nitrogen and oxygen atoms in total. The molecule has 0 bridgehead atoms. The molecule has 0 radical (unpaired) electrons. The summed E-state index contributed by atoms with van der Waals surface area (Å²) in [5.41, 5.74) is 0.387. The fraction of sp³-hybridized carbons (Fsp3) is 0.214. The molecule has 0 aliphatic rings. The van der Waals surface area contributed by atoms with Crippen LogP contribution in [0.1, 0.15) is 22.8 Å². The minimum Gasteiger partial charge on any atom is -0.493 e. The van der Waals surface area contributed by atoms with E-state index in [0.29, 0.717) is 17.0 Å². The van der Waals surface area contributed by atoms with Crippen molar-refractivity contribution in [2.75, 3.05) is 5.75 Å². The van der Waals surface area contributed by atoms with Crippen LogP contribution in [0, 0.1) is 0 Å². The molecule has 0 unspecified atom stereocenters. The van der Waals surface area contributed by atoms with E-state index in [1.54, 1.807) is 31.2 Å². The average Bonchev–Trinajstić information content (AvgIpc) is 2.45. The summed E-state index contributed by atoms with van der Waals surface area (Å²) in [5.74, 6) is -0.295. The molecule has 0 spiro atoms. The SMILES string of the molecule is CCc1c(O)nc(SCC(=O)c2ccc(Cl)cc2)[nH]c1=O. The summed E-state index contributed by atoms with van der Waals surface area (Å²) < 4.78 is 0. The van der Waals surface area contributed by atoms with Crippen molar-refractivity contribution in [1.29, 1.82) is 0 Å². The van der Waals surface area contributed by atoms with Crippen molar-refractivity contribution >= 4 is 29.1 Å². The van der Waals surface area contributed by atoms with Gasteiger partial charge < -0.3 is 10.1 Å². The highest BCUT2D eigenvalue weighted by Crippen LogP contribution is 2.18. The van der Waals surface area contributed by atoms with E-state index in [9.17, 15) is 14.7 Å². The van der Waals surface area contributed by atoms with E-state index in [2.05, 4.69) is 9.97 Å². The van der Waals surface area contributed by atoms with Gasteiger partial charge in [-0.1, -0.05) is 30.3 Å². The van der Waals surface area contributed by atoms with E-state index >= 15 is 0 Å². The van der Waals surface area contributed by atoms with Gasteiger partial charge in [0.25, 0.3) is 5.56 Å². The van der Waals surface area contributed by atoms with Crippen LogP contribution in [-0.4, -0.2) is 26.6 Å².